The van der Waals surface area contributed by atoms with Gasteiger partial charge in [0.05, 0.1) is 11.9 Å². The molecule has 174 valence electrons. The maximum Gasteiger partial charge on any atom is 0.210 e. The topological polar surface area (TPSA) is 87.0 Å². The van der Waals surface area contributed by atoms with E-state index in [1.807, 2.05) is 25.3 Å². The van der Waals surface area contributed by atoms with E-state index >= 15 is 0 Å². The number of para-hydroxylation sites is 1. The Morgan fingerprint density at radius 3 is 2.50 bits per heavy atom. The molecule has 0 aliphatic heterocycles. The average Bonchev–Trinajstić information content (AvgIpc) is 3.08. The molecule has 1 saturated carbocycles. The van der Waals surface area contributed by atoms with Crippen LogP contribution >= 0.6 is 0 Å². The second kappa shape index (κ2) is 10.6. The summed E-state index contributed by atoms with van der Waals surface area (Å²) in [6, 6.07) is 3.87. The maximum absolute atomic E-state index is 14.3. The molecule has 7 nitrogen and oxygen atoms in total. The molecule has 0 unspecified atom stereocenters. The second-order valence-corrected chi connectivity index (χ2v) is 8.19. The van der Waals surface area contributed by atoms with E-state index in [0.29, 0.717) is 23.9 Å². The summed E-state index contributed by atoms with van der Waals surface area (Å²) in [5.41, 5.74) is 0.0758. The Balaban J connectivity index is 2.00. The van der Waals surface area contributed by atoms with Crippen molar-refractivity contribution in [2.24, 2.45) is 0 Å². The van der Waals surface area contributed by atoms with E-state index in [-0.39, 0.29) is 29.8 Å². The lowest BCUT2D eigenvalue weighted by Crippen LogP contribution is -2.28. The van der Waals surface area contributed by atoms with Crippen molar-refractivity contribution in [3.05, 3.63) is 47.9 Å². The first-order valence-electron chi connectivity index (χ1n) is 11.0. The monoisotopic (exact) mass is 446 g/mol. The van der Waals surface area contributed by atoms with Crippen LogP contribution in [0.25, 0.3) is 0 Å². The highest BCUT2D eigenvalue weighted by atomic mass is 19.1. The Labute approximate surface area is 187 Å². The number of anilines is 3. The molecule has 32 heavy (non-hydrogen) atoms. The molecule has 1 aliphatic rings. The van der Waals surface area contributed by atoms with Crippen molar-refractivity contribution >= 4 is 23.7 Å². The third-order valence-electron chi connectivity index (χ3n) is 5.42. The first kappa shape index (κ1) is 23.7. The zero-order chi connectivity index (χ0) is 23.3. The normalized spacial score (nSPS) is 18.4. The van der Waals surface area contributed by atoms with Crippen LogP contribution in [0.5, 0.6) is 0 Å². The van der Waals surface area contributed by atoms with Crippen molar-refractivity contribution < 1.29 is 13.5 Å². The number of imidazole rings is 1. The van der Waals surface area contributed by atoms with E-state index in [9.17, 15) is 8.78 Å². The van der Waals surface area contributed by atoms with Gasteiger partial charge in [0.1, 0.15) is 28.8 Å². The van der Waals surface area contributed by atoms with Gasteiger partial charge in [0.25, 0.3) is 0 Å². The van der Waals surface area contributed by atoms with Crippen LogP contribution in [0.1, 0.15) is 58.2 Å². The zero-order valence-electron chi connectivity index (χ0n) is 18.8. The van der Waals surface area contributed by atoms with Crippen LogP contribution in [-0.2, 0) is 4.74 Å². The van der Waals surface area contributed by atoms with Gasteiger partial charge in [-0.15, -0.1) is 0 Å². The molecule has 0 amide bonds. The minimum atomic E-state index is -0.712. The summed E-state index contributed by atoms with van der Waals surface area (Å²) >= 11 is 0. The Kier molecular flexibility index (Phi) is 7.84. The minimum Gasteiger partial charge on any atom is -0.379 e. The molecule has 4 N–H and O–H groups in total. The summed E-state index contributed by atoms with van der Waals surface area (Å²) in [6.45, 7) is 10.6. The highest BCUT2D eigenvalue weighted by Gasteiger charge is 2.29. The lowest BCUT2D eigenvalue weighted by atomic mass is 9.92. The van der Waals surface area contributed by atoms with Crippen molar-refractivity contribution in [2.45, 2.75) is 64.6 Å². The number of nitrogens with one attached hydrogen (secondary N) is 4. The summed E-state index contributed by atoms with van der Waals surface area (Å²) < 4.78 is 36.4. The molecule has 0 atom stereocenters. The molecule has 0 saturated heterocycles. The highest BCUT2D eigenvalue weighted by Crippen LogP contribution is 2.37. The molecule has 1 aliphatic carbocycles. The highest BCUT2D eigenvalue weighted by molar-refractivity contribution is 5.84. The zero-order valence-corrected chi connectivity index (χ0v) is 18.8. The van der Waals surface area contributed by atoms with Crippen molar-refractivity contribution in [2.75, 3.05) is 17.2 Å². The second-order valence-electron chi connectivity index (χ2n) is 8.19. The van der Waals surface area contributed by atoms with Crippen LogP contribution in [0.3, 0.4) is 0 Å². The van der Waals surface area contributed by atoms with Crippen LogP contribution < -0.4 is 16.0 Å². The Morgan fingerprint density at radius 2 is 1.94 bits per heavy atom. The number of hydrogen-bond donors (Lipinski definition) is 4. The van der Waals surface area contributed by atoms with Crippen molar-refractivity contribution in [3.8, 4) is 0 Å². The molecule has 0 spiro atoms. The van der Waals surface area contributed by atoms with Gasteiger partial charge in [-0.25, -0.2) is 13.8 Å². The smallest absolute Gasteiger partial charge is 0.210 e. The molecule has 1 fully saturated rings. The molecule has 3 rings (SSSR count). The Hall–Kier alpha value is -2.94. The summed E-state index contributed by atoms with van der Waals surface area (Å²) in [6.07, 6.45) is 4.69. The Morgan fingerprint density at radius 1 is 1.28 bits per heavy atom. The average molecular weight is 447 g/mol. The molecule has 1 aromatic heterocycles. The molecule has 2 aromatic rings. The van der Waals surface area contributed by atoms with Gasteiger partial charge in [-0.05, 0) is 58.6 Å². The van der Waals surface area contributed by atoms with E-state index in [4.69, 9.17) is 10.1 Å². The molecule has 1 heterocycles. The van der Waals surface area contributed by atoms with E-state index < -0.39 is 11.6 Å². The lowest BCUT2D eigenvalue weighted by Gasteiger charge is -2.31. The summed E-state index contributed by atoms with van der Waals surface area (Å²) in [5.74, 6) is -0.0480. The fourth-order valence-electron chi connectivity index (χ4n) is 4.08. The van der Waals surface area contributed by atoms with E-state index in [0.717, 1.165) is 31.9 Å². The summed E-state index contributed by atoms with van der Waals surface area (Å²) in [5, 5.41) is 17.1. The van der Waals surface area contributed by atoms with Gasteiger partial charge >= 0.3 is 0 Å². The number of ether oxygens (including phenoxy) is 1. The van der Waals surface area contributed by atoms with Gasteiger partial charge in [-0.3, -0.25) is 4.57 Å². The van der Waals surface area contributed by atoms with Crippen LogP contribution in [0.4, 0.5) is 26.2 Å². The third kappa shape index (κ3) is 5.45. The number of rotatable bonds is 10. The number of hydrogen-bond acceptors (Lipinski definition) is 6. The molecular weight excluding hydrogens is 414 g/mol. The molecule has 0 radical (unpaired) electrons. The molecule has 0 bridgehead atoms. The van der Waals surface area contributed by atoms with Crippen molar-refractivity contribution in [3.63, 3.8) is 0 Å². The lowest BCUT2D eigenvalue weighted by molar-refractivity contribution is 0.0275. The van der Waals surface area contributed by atoms with Gasteiger partial charge in [-0.2, -0.15) is 0 Å². The number of nitrogens with zero attached hydrogens (tertiary/aromatic N) is 2. The molecule has 1 aromatic carbocycles. The van der Waals surface area contributed by atoms with Crippen molar-refractivity contribution in [1.82, 2.24) is 14.9 Å². The SMILES string of the molecule is C=C(Nc1c(C=N)nc(Nc2c(F)cccc2F)n1C1CCC(OCC)CC1)NC(C)C. The molecular formula is C23H32F2N6O. The quantitative estimate of drug-likeness (QED) is 0.372. The predicted octanol–water partition coefficient (Wildman–Crippen LogP) is 5.30. The van der Waals surface area contributed by atoms with Crippen LogP contribution in [0, 0.1) is 17.0 Å². The maximum atomic E-state index is 14.3. The van der Waals surface area contributed by atoms with E-state index in [2.05, 4.69) is 27.5 Å². The number of halogens is 2. The van der Waals surface area contributed by atoms with Gasteiger partial charge in [0.15, 0.2) is 0 Å². The van der Waals surface area contributed by atoms with Gasteiger partial charge in [0, 0.05) is 24.9 Å². The first-order valence-corrected chi connectivity index (χ1v) is 11.0. The van der Waals surface area contributed by atoms with Gasteiger partial charge in [0.2, 0.25) is 5.95 Å². The van der Waals surface area contributed by atoms with Gasteiger partial charge in [-0.1, -0.05) is 12.6 Å². The minimum absolute atomic E-state index is 0.0135. The summed E-state index contributed by atoms with van der Waals surface area (Å²) in [7, 11) is 0. The van der Waals surface area contributed by atoms with E-state index in [1.165, 1.54) is 18.2 Å². The first-order chi connectivity index (χ1) is 15.3. The summed E-state index contributed by atoms with van der Waals surface area (Å²) in [4.78, 5) is 4.48. The fourth-order valence-corrected chi connectivity index (χ4v) is 4.08. The third-order valence-corrected chi connectivity index (χ3v) is 5.42. The number of benzene rings is 1. The largest absolute Gasteiger partial charge is 0.379 e. The number of aromatic nitrogens is 2. The van der Waals surface area contributed by atoms with Crippen LogP contribution in [0.15, 0.2) is 30.6 Å². The molecule has 9 heteroatoms. The standard InChI is InChI=1S/C23H32F2N6O/c1-5-32-17-11-9-16(10-12-17)31-22(28-15(4)27-14(2)3)20(13-26)29-23(31)30-21-18(24)7-6-8-19(21)25/h6-8,13-14,16-17,26-28H,4-5,9-12H2,1-3H3,(H,29,30). The van der Waals surface area contributed by atoms with Crippen LogP contribution in [0.2, 0.25) is 0 Å². The van der Waals surface area contributed by atoms with Crippen LogP contribution in [-0.4, -0.2) is 34.5 Å². The fraction of sp³-hybridized carbons (Fsp3) is 0.478. The van der Waals surface area contributed by atoms with Crippen molar-refractivity contribution in [1.29, 1.82) is 5.41 Å². The Bertz CT molecular complexity index is 930. The predicted molar refractivity (Wildman–Crippen MR) is 124 cm³/mol. The van der Waals surface area contributed by atoms with E-state index in [1.54, 1.807) is 0 Å². The van der Waals surface area contributed by atoms with Gasteiger partial charge < -0.3 is 26.1 Å².